The van der Waals surface area contributed by atoms with Crippen LogP contribution >= 0.6 is 0 Å². The Hall–Kier alpha value is -0.570. The van der Waals surface area contributed by atoms with Crippen molar-refractivity contribution in [1.82, 2.24) is 5.32 Å². The molecule has 0 bridgehead atoms. The van der Waals surface area contributed by atoms with Crippen LogP contribution < -0.4 is 5.32 Å². The summed E-state index contributed by atoms with van der Waals surface area (Å²) in [5.74, 6) is 0. The van der Waals surface area contributed by atoms with Crippen molar-refractivity contribution in [3.63, 3.8) is 0 Å². The lowest BCUT2D eigenvalue weighted by Crippen LogP contribution is -2.12. The van der Waals surface area contributed by atoms with Gasteiger partial charge in [0.05, 0.1) is 0 Å². The fourth-order valence-electron chi connectivity index (χ4n) is 0.532. The van der Waals surface area contributed by atoms with Crippen molar-refractivity contribution in [3.8, 4) is 0 Å². The van der Waals surface area contributed by atoms with Gasteiger partial charge in [0.1, 0.15) is 0 Å². The van der Waals surface area contributed by atoms with Crippen molar-refractivity contribution in [3.05, 3.63) is 0 Å². The van der Waals surface area contributed by atoms with Gasteiger partial charge >= 0.3 is 0 Å². The second kappa shape index (κ2) is 7.43. The lowest BCUT2D eigenvalue weighted by molar-refractivity contribution is -0.109. The number of hydrogen-bond acceptors (Lipinski definition) is 2. The molecule has 1 N–H and O–H groups in total. The third kappa shape index (κ3) is 7.43. The molecule has 0 aliphatic heterocycles. The zero-order valence-corrected chi connectivity index (χ0v) is 5.72. The van der Waals surface area contributed by atoms with E-state index in [1.165, 1.54) is 0 Å². The number of methoxy groups -OCH3 is 1. The standard InChI is InChI=1S/C6H13NO2.H2/c1-9-5-3-2-4-7-6-8;/h6H,2-5H2,1H3,(H,7,8);1H. The van der Waals surface area contributed by atoms with Gasteiger partial charge in [-0.1, -0.05) is 0 Å². The number of carbonyl (C=O) groups is 1. The smallest absolute Gasteiger partial charge is 0.207 e. The average Bonchev–Trinajstić information content (AvgIpc) is 1.89. The Morgan fingerprint density at radius 1 is 1.67 bits per heavy atom. The fraction of sp³-hybridized carbons (Fsp3) is 0.833. The van der Waals surface area contributed by atoms with Crippen LogP contribution in [0.4, 0.5) is 0 Å². The summed E-state index contributed by atoms with van der Waals surface area (Å²) in [7, 11) is 1.67. The molecule has 9 heavy (non-hydrogen) atoms. The lowest BCUT2D eigenvalue weighted by atomic mass is 10.3. The van der Waals surface area contributed by atoms with Crippen molar-refractivity contribution >= 4 is 6.41 Å². The largest absolute Gasteiger partial charge is 0.385 e. The molecule has 0 aliphatic rings. The average molecular weight is 133 g/mol. The van der Waals surface area contributed by atoms with Crippen molar-refractivity contribution in [1.29, 1.82) is 0 Å². The minimum Gasteiger partial charge on any atom is -0.385 e. The lowest BCUT2D eigenvalue weighted by Gasteiger charge is -1.97. The monoisotopic (exact) mass is 133 g/mol. The molecule has 0 saturated carbocycles. The molecule has 0 saturated heterocycles. The van der Waals surface area contributed by atoms with Gasteiger partial charge in [-0.3, -0.25) is 4.79 Å². The summed E-state index contributed by atoms with van der Waals surface area (Å²) < 4.78 is 4.81. The Balaban J connectivity index is 0. The van der Waals surface area contributed by atoms with Crippen LogP contribution in [0.25, 0.3) is 0 Å². The first-order chi connectivity index (χ1) is 4.41. The van der Waals surface area contributed by atoms with E-state index in [9.17, 15) is 4.79 Å². The molecule has 0 spiro atoms. The highest BCUT2D eigenvalue weighted by Crippen LogP contribution is 1.84. The summed E-state index contributed by atoms with van der Waals surface area (Å²) in [4.78, 5) is 9.70. The number of rotatable bonds is 6. The zero-order valence-electron chi connectivity index (χ0n) is 5.72. The Kier molecular flexibility index (Phi) is 6.96. The molecule has 3 heteroatoms. The molecule has 0 fully saturated rings. The summed E-state index contributed by atoms with van der Waals surface area (Å²) in [5, 5.41) is 2.57. The second-order valence-electron chi connectivity index (χ2n) is 1.77. The highest BCUT2D eigenvalue weighted by Gasteiger charge is 1.84. The van der Waals surface area contributed by atoms with Crippen LogP contribution in [0, 0.1) is 0 Å². The van der Waals surface area contributed by atoms with E-state index < -0.39 is 0 Å². The molecule has 56 valence electrons. The van der Waals surface area contributed by atoms with E-state index in [4.69, 9.17) is 4.74 Å². The Bertz CT molecular complexity index is 70.8. The van der Waals surface area contributed by atoms with E-state index in [1.807, 2.05) is 0 Å². The molecule has 0 heterocycles. The van der Waals surface area contributed by atoms with Gasteiger partial charge in [-0.15, -0.1) is 0 Å². The van der Waals surface area contributed by atoms with Gasteiger partial charge in [-0.05, 0) is 12.8 Å². The first kappa shape index (κ1) is 8.43. The Morgan fingerprint density at radius 3 is 3.00 bits per heavy atom. The maximum atomic E-state index is 9.70. The van der Waals surface area contributed by atoms with E-state index in [0.29, 0.717) is 6.41 Å². The maximum absolute atomic E-state index is 9.70. The minimum atomic E-state index is 0. The second-order valence-corrected chi connectivity index (χ2v) is 1.77. The molecule has 0 aromatic heterocycles. The normalized spacial score (nSPS) is 9.00. The predicted molar refractivity (Wildman–Crippen MR) is 37.3 cm³/mol. The van der Waals surface area contributed by atoms with Crippen molar-refractivity contribution < 1.29 is 11.0 Å². The first-order valence-corrected chi connectivity index (χ1v) is 3.07. The Morgan fingerprint density at radius 2 is 2.44 bits per heavy atom. The van der Waals surface area contributed by atoms with E-state index >= 15 is 0 Å². The summed E-state index contributed by atoms with van der Waals surface area (Å²) >= 11 is 0. The third-order valence-electron chi connectivity index (χ3n) is 1.00. The molecule has 0 atom stereocenters. The van der Waals surface area contributed by atoms with Gasteiger partial charge in [0.15, 0.2) is 0 Å². The summed E-state index contributed by atoms with van der Waals surface area (Å²) in [5.41, 5.74) is 0. The fourth-order valence-corrected chi connectivity index (χ4v) is 0.532. The molecule has 0 rings (SSSR count). The summed E-state index contributed by atoms with van der Waals surface area (Å²) in [6, 6.07) is 0. The quantitative estimate of drug-likeness (QED) is 0.421. The molecular formula is C6H15NO2. The molecule has 0 aromatic carbocycles. The number of amides is 1. The van der Waals surface area contributed by atoms with Crippen LogP contribution in [0.2, 0.25) is 0 Å². The number of unbranched alkanes of at least 4 members (excludes halogenated alkanes) is 1. The molecule has 0 aliphatic carbocycles. The minimum absolute atomic E-state index is 0. The SMILES string of the molecule is COCCCCNC=O.[HH]. The van der Waals surface area contributed by atoms with Crippen molar-refractivity contribution in [2.24, 2.45) is 0 Å². The zero-order chi connectivity index (χ0) is 6.95. The van der Waals surface area contributed by atoms with Gasteiger partial charge in [-0.2, -0.15) is 0 Å². The summed E-state index contributed by atoms with van der Waals surface area (Å²) in [6.07, 6.45) is 2.72. The number of ether oxygens (including phenoxy) is 1. The summed E-state index contributed by atoms with van der Waals surface area (Å²) in [6.45, 7) is 1.54. The van der Waals surface area contributed by atoms with E-state index in [-0.39, 0.29) is 1.43 Å². The van der Waals surface area contributed by atoms with Crippen molar-refractivity contribution in [2.75, 3.05) is 20.3 Å². The highest BCUT2D eigenvalue weighted by molar-refractivity contribution is 5.45. The number of carbonyl (C=O) groups excluding carboxylic acids is 1. The van der Waals surface area contributed by atoms with Crippen LogP contribution in [0.15, 0.2) is 0 Å². The molecule has 0 radical (unpaired) electrons. The van der Waals surface area contributed by atoms with E-state index in [2.05, 4.69) is 5.32 Å². The third-order valence-corrected chi connectivity index (χ3v) is 1.00. The van der Waals surface area contributed by atoms with Crippen LogP contribution in [-0.4, -0.2) is 26.7 Å². The highest BCUT2D eigenvalue weighted by atomic mass is 16.5. The van der Waals surface area contributed by atoms with Gasteiger partial charge < -0.3 is 10.1 Å². The van der Waals surface area contributed by atoms with E-state index in [0.717, 1.165) is 26.0 Å². The predicted octanol–water partition coefficient (Wildman–Crippen LogP) is 0.405. The first-order valence-electron chi connectivity index (χ1n) is 3.07. The number of nitrogens with one attached hydrogen (secondary N) is 1. The van der Waals surface area contributed by atoms with E-state index in [1.54, 1.807) is 7.11 Å². The molecule has 0 unspecified atom stereocenters. The van der Waals surface area contributed by atoms with Crippen molar-refractivity contribution in [2.45, 2.75) is 12.8 Å². The topological polar surface area (TPSA) is 38.3 Å². The Labute approximate surface area is 56.9 Å². The van der Waals surface area contributed by atoms with Gasteiger partial charge in [0.25, 0.3) is 0 Å². The van der Waals surface area contributed by atoms with Crippen LogP contribution in [0.3, 0.4) is 0 Å². The van der Waals surface area contributed by atoms with Crippen LogP contribution in [-0.2, 0) is 9.53 Å². The maximum Gasteiger partial charge on any atom is 0.207 e. The molecule has 3 nitrogen and oxygen atoms in total. The molecule has 0 aromatic rings. The van der Waals surface area contributed by atoms with Gasteiger partial charge in [-0.25, -0.2) is 0 Å². The van der Waals surface area contributed by atoms with Gasteiger partial charge in [0.2, 0.25) is 6.41 Å². The molecular weight excluding hydrogens is 118 g/mol. The molecule has 1 amide bonds. The van der Waals surface area contributed by atoms with Crippen LogP contribution in [0.1, 0.15) is 14.3 Å². The van der Waals surface area contributed by atoms with Crippen LogP contribution in [0.5, 0.6) is 0 Å². The number of hydrogen-bond donors (Lipinski definition) is 1. The van der Waals surface area contributed by atoms with Gasteiger partial charge in [0, 0.05) is 21.7 Å².